The number of likely N-dealkylation sites (N-methyl/N-ethyl adjacent to an activating group) is 1. The van der Waals surface area contributed by atoms with Crippen molar-refractivity contribution in [2.75, 3.05) is 40.6 Å². The molecule has 0 spiro atoms. The van der Waals surface area contributed by atoms with Crippen LogP contribution in [0.25, 0.3) is 0 Å². The van der Waals surface area contributed by atoms with Gasteiger partial charge in [0.05, 0.1) is 24.6 Å². The van der Waals surface area contributed by atoms with Gasteiger partial charge in [0, 0.05) is 24.9 Å². The zero-order valence-corrected chi connectivity index (χ0v) is 20.1. The number of nitrogens with one attached hydrogen (secondary N) is 2. The summed E-state index contributed by atoms with van der Waals surface area (Å²) in [6.07, 6.45) is 1.23. The minimum absolute atomic E-state index is 0.0938. The first-order chi connectivity index (χ1) is 14.7. The summed E-state index contributed by atoms with van der Waals surface area (Å²) in [6.45, 7) is 5.65. The number of sulfone groups is 1. The number of aryl methyl sites for hydroxylation is 1. The number of rotatable bonds is 9. The average molecular weight is 447 g/mol. The van der Waals surface area contributed by atoms with Crippen LogP contribution >= 0.6 is 0 Å². The molecule has 0 saturated heterocycles. The maximum atomic E-state index is 11.8. The summed E-state index contributed by atoms with van der Waals surface area (Å²) in [5, 5.41) is 6.69. The number of para-hydroxylation sites is 1. The number of hydrogen-bond donors (Lipinski definition) is 2. The largest absolute Gasteiger partial charge is 0.496 e. The molecule has 0 aliphatic carbocycles. The fourth-order valence-electron chi connectivity index (χ4n) is 3.44. The fourth-order valence-corrected chi connectivity index (χ4v) is 4.40. The van der Waals surface area contributed by atoms with E-state index >= 15 is 0 Å². The van der Waals surface area contributed by atoms with Crippen LogP contribution in [0.3, 0.4) is 0 Å². The predicted octanol–water partition coefficient (Wildman–Crippen LogP) is 2.77. The molecule has 1 unspecified atom stereocenters. The van der Waals surface area contributed by atoms with E-state index < -0.39 is 9.84 Å². The van der Waals surface area contributed by atoms with Gasteiger partial charge in [-0.25, -0.2) is 13.4 Å². The minimum atomic E-state index is -3.22. The highest BCUT2D eigenvalue weighted by molar-refractivity contribution is 7.90. The van der Waals surface area contributed by atoms with E-state index in [1.165, 1.54) is 6.26 Å². The number of hydrogen-bond acceptors (Lipinski definition) is 5. The first-order valence-electron chi connectivity index (χ1n) is 10.3. The Balaban J connectivity index is 2.16. The summed E-state index contributed by atoms with van der Waals surface area (Å²) in [5.74, 6) is 1.56. The topological polar surface area (TPSA) is 83.0 Å². The van der Waals surface area contributed by atoms with E-state index in [-0.39, 0.29) is 6.04 Å². The summed E-state index contributed by atoms with van der Waals surface area (Å²) in [7, 11) is 2.53. The van der Waals surface area contributed by atoms with Gasteiger partial charge < -0.3 is 20.3 Å². The van der Waals surface area contributed by atoms with Crippen LogP contribution in [0.2, 0.25) is 0 Å². The molecule has 170 valence electrons. The molecule has 2 N–H and O–H groups in total. The molecule has 0 fully saturated rings. The van der Waals surface area contributed by atoms with E-state index in [0.717, 1.165) is 29.0 Å². The third-order valence-electron chi connectivity index (χ3n) is 4.99. The van der Waals surface area contributed by atoms with Crippen molar-refractivity contribution in [1.82, 2.24) is 15.5 Å². The Morgan fingerprint density at radius 2 is 1.87 bits per heavy atom. The van der Waals surface area contributed by atoms with Crippen molar-refractivity contribution in [2.24, 2.45) is 4.99 Å². The Labute approximate surface area is 186 Å². The highest BCUT2D eigenvalue weighted by Gasteiger charge is 2.18. The number of methoxy groups -OCH3 is 1. The molecule has 0 bridgehead atoms. The molecule has 7 nitrogen and oxygen atoms in total. The van der Waals surface area contributed by atoms with Crippen LogP contribution < -0.4 is 15.4 Å². The molecule has 0 radical (unpaired) electrons. The molecule has 31 heavy (non-hydrogen) atoms. The SMILES string of the molecule is CCNC(=NCc1ccc(S(C)(=O)=O)c(C)c1)NCC(c1ccccc1OC)N(C)C. The minimum Gasteiger partial charge on any atom is -0.496 e. The molecular formula is C23H34N4O3S. The molecule has 2 rings (SSSR count). The summed E-state index contributed by atoms with van der Waals surface area (Å²) in [4.78, 5) is 7.18. The fraction of sp³-hybridized carbons (Fsp3) is 0.435. The lowest BCUT2D eigenvalue weighted by Gasteiger charge is -2.27. The molecule has 2 aromatic rings. The number of ether oxygens (including phenoxy) is 1. The second-order valence-corrected chi connectivity index (χ2v) is 9.65. The van der Waals surface area contributed by atoms with Crippen molar-refractivity contribution >= 4 is 15.8 Å². The monoisotopic (exact) mass is 446 g/mol. The second-order valence-electron chi connectivity index (χ2n) is 7.67. The van der Waals surface area contributed by atoms with E-state index in [0.29, 0.717) is 23.9 Å². The molecule has 0 aliphatic rings. The van der Waals surface area contributed by atoms with Crippen LogP contribution in [0.1, 0.15) is 29.7 Å². The van der Waals surface area contributed by atoms with Gasteiger partial charge in [-0.2, -0.15) is 0 Å². The van der Waals surface area contributed by atoms with Crippen LogP contribution in [0.15, 0.2) is 52.4 Å². The lowest BCUT2D eigenvalue weighted by molar-refractivity contribution is 0.287. The van der Waals surface area contributed by atoms with Gasteiger partial charge in [0.15, 0.2) is 15.8 Å². The Morgan fingerprint density at radius 1 is 1.16 bits per heavy atom. The predicted molar refractivity (Wildman–Crippen MR) is 127 cm³/mol. The van der Waals surface area contributed by atoms with Crippen molar-refractivity contribution < 1.29 is 13.2 Å². The number of aliphatic imine (C=N–C) groups is 1. The molecule has 0 heterocycles. The highest BCUT2D eigenvalue weighted by atomic mass is 32.2. The van der Waals surface area contributed by atoms with Gasteiger partial charge in [0.1, 0.15) is 5.75 Å². The maximum Gasteiger partial charge on any atom is 0.191 e. The quantitative estimate of drug-likeness (QED) is 0.455. The van der Waals surface area contributed by atoms with Gasteiger partial charge in [0.2, 0.25) is 0 Å². The number of nitrogens with zero attached hydrogens (tertiary/aromatic N) is 2. The van der Waals surface area contributed by atoms with Crippen LogP contribution in [-0.2, 0) is 16.4 Å². The summed E-state index contributed by atoms with van der Waals surface area (Å²) in [6, 6.07) is 13.4. The molecule has 0 aromatic heterocycles. The molecule has 1 atom stereocenters. The van der Waals surface area contributed by atoms with E-state index in [4.69, 9.17) is 4.74 Å². The van der Waals surface area contributed by atoms with E-state index in [9.17, 15) is 8.42 Å². The standard InChI is InChI=1S/C23H34N4O3S/c1-7-24-23(25-15-18-12-13-22(17(2)14-18)31(6,28)29)26-16-20(27(3)4)19-10-8-9-11-21(19)30-5/h8-14,20H,7,15-16H2,1-6H3,(H2,24,25,26). The smallest absolute Gasteiger partial charge is 0.191 e. The second kappa shape index (κ2) is 11.2. The Hall–Kier alpha value is -2.58. The molecule has 0 saturated carbocycles. The zero-order chi connectivity index (χ0) is 23.0. The van der Waals surface area contributed by atoms with Crippen molar-refractivity contribution in [1.29, 1.82) is 0 Å². The molecule has 2 aromatic carbocycles. The Morgan fingerprint density at radius 3 is 2.45 bits per heavy atom. The molecule has 0 aliphatic heterocycles. The van der Waals surface area contributed by atoms with E-state index in [1.807, 2.05) is 58.3 Å². The molecule has 8 heteroatoms. The maximum absolute atomic E-state index is 11.8. The van der Waals surface area contributed by atoms with Crippen molar-refractivity contribution in [2.45, 2.75) is 31.3 Å². The van der Waals surface area contributed by atoms with E-state index in [2.05, 4.69) is 26.6 Å². The van der Waals surface area contributed by atoms with Crippen molar-refractivity contribution in [3.63, 3.8) is 0 Å². The van der Waals surface area contributed by atoms with Crippen LogP contribution in [-0.4, -0.2) is 59.8 Å². The van der Waals surface area contributed by atoms with Crippen LogP contribution in [0, 0.1) is 6.92 Å². The summed E-state index contributed by atoms with van der Waals surface area (Å²) >= 11 is 0. The lowest BCUT2D eigenvalue weighted by atomic mass is 10.0. The zero-order valence-electron chi connectivity index (χ0n) is 19.3. The normalized spacial score (nSPS) is 13.2. The van der Waals surface area contributed by atoms with Crippen molar-refractivity contribution in [3.05, 3.63) is 59.2 Å². The van der Waals surface area contributed by atoms with E-state index in [1.54, 1.807) is 13.2 Å². The first kappa shape index (κ1) is 24.7. The van der Waals surface area contributed by atoms with Gasteiger partial charge in [-0.05, 0) is 51.2 Å². The lowest BCUT2D eigenvalue weighted by Crippen LogP contribution is -2.41. The number of guanidine groups is 1. The van der Waals surface area contributed by atoms with Gasteiger partial charge in [0.25, 0.3) is 0 Å². The van der Waals surface area contributed by atoms with Gasteiger partial charge >= 0.3 is 0 Å². The number of benzene rings is 2. The Bertz CT molecular complexity index is 1000. The third kappa shape index (κ3) is 6.97. The molecule has 0 amide bonds. The summed E-state index contributed by atoms with van der Waals surface area (Å²) in [5.41, 5.74) is 2.79. The Kier molecular flexibility index (Phi) is 8.88. The summed E-state index contributed by atoms with van der Waals surface area (Å²) < 4.78 is 29.2. The molecular weight excluding hydrogens is 412 g/mol. The van der Waals surface area contributed by atoms with Gasteiger partial charge in [-0.1, -0.05) is 30.3 Å². The first-order valence-corrected chi connectivity index (χ1v) is 12.2. The van der Waals surface area contributed by atoms with Crippen LogP contribution in [0.4, 0.5) is 0 Å². The van der Waals surface area contributed by atoms with Gasteiger partial charge in [-0.15, -0.1) is 0 Å². The van der Waals surface area contributed by atoms with Crippen molar-refractivity contribution in [3.8, 4) is 5.75 Å². The van der Waals surface area contributed by atoms with Gasteiger partial charge in [-0.3, -0.25) is 0 Å². The third-order valence-corrected chi connectivity index (χ3v) is 6.24. The average Bonchev–Trinajstić information content (AvgIpc) is 2.71. The highest BCUT2D eigenvalue weighted by Crippen LogP contribution is 2.27. The van der Waals surface area contributed by atoms with Crippen LogP contribution in [0.5, 0.6) is 5.75 Å².